The van der Waals surface area contributed by atoms with Gasteiger partial charge in [0.05, 0.1) is 5.69 Å². The quantitative estimate of drug-likeness (QED) is 0.925. The number of thioether (sulfide) groups is 1. The number of benzene rings is 1. The van der Waals surface area contributed by atoms with E-state index in [0.717, 1.165) is 27.8 Å². The molecular weight excluding hydrogens is 276 g/mol. The minimum Gasteiger partial charge on any atom is -0.316 e. The number of amides is 1. The number of nitrogens with zero attached hydrogens (tertiary/aromatic N) is 1. The first-order valence-corrected chi connectivity index (χ1v) is 7.96. The second-order valence-electron chi connectivity index (χ2n) is 4.30. The van der Waals surface area contributed by atoms with Crippen LogP contribution in [0.15, 0.2) is 46.7 Å². The average Bonchev–Trinajstić information content (AvgIpc) is 2.99. The lowest BCUT2D eigenvalue weighted by atomic mass is 10.2. The zero-order valence-corrected chi connectivity index (χ0v) is 11.9. The van der Waals surface area contributed by atoms with Crippen molar-refractivity contribution in [2.24, 2.45) is 5.73 Å². The molecule has 19 heavy (non-hydrogen) atoms. The largest absolute Gasteiger partial charge is 0.316 e. The van der Waals surface area contributed by atoms with E-state index in [1.165, 1.54) is 11.3 Å². The Balaban J connectivity index is 1.89. The predicted molar refractivity (Wildman–Crippen MR) is 80.8 cm³/mol. The fourth-order valence-electron chi connectivity index (χ4n) is 2.16. The molecule has 2 N–H and O–H groups in total. The summed E-state index contributed by atoms with van der Waals surface area (Å²) in [6, 6.07) is 11.3. The summed E-state index contributed by atoms with van der Waals surface area (Å²) in [6.07, 6.45) is 0. The van der Waals surface area contributed by atoms with Gasteiger partial charge in [-0.2, -0.15) is 0 Å². The molecule has 0 radical (unpaired) electrons. The second kappa shape index (κ2) is 5.36. The fourth-order valence-corrected chi connectivity index (χ4v) is 3.87. The highest BCUT2D eigenvalue weighted by Gasteiger charge is 2.27. The molecular formula is C14H14N2OS2. The number of hydrogen-bond donors (Lipinski definition) is 1. The summed E-state index contributed by atoms with van der Waals surface area (Å²) in [4.78, 5) is 16.4. The third kappa shape index (κ3) is 2.41. The van der Waals surface area contributed by atoms with Crippen LogP contribution in [0.5, 0.6) is 0 Å². The Labute approximate surface area is 120 Å². The second-order valence-corrected chi connectivity index (χ2v) is 6.42. The molecule has 1 aromatic carbocycles. The van der Waals surface area contributed by atoms with E-state index in [1.807, 2.05) is 40.6 Å². The van der Waals surface area contributed by atoms with Gasteiger partial charge in [0.15, 0.2) is 0 Å². The summed E-state index contributed by atoms with van der Waals surface area (Å²) in [5.41, 5.74) is 7.07. The van der Waals surface area contributed by atoms with Gasteiger partial charge >= 0.3 is 0 Å². The maximum atomic E-state index is 12.6. The Morgan fingerprint density at radius 1 is 1.26 bits per heavy atom. The molecule has 2 aromatic rings. The standard InChI is InChI=1S/C14H14N2OS2/c15-13(12-6-3-8-18-12)14(17)16-7-9-19-11-5-2-1-4-10(11)16/h1-6,8,13H,7,9,15H2. The molecule has 1 amide bonds. The summed E-state index contributed by atoms with van der Waals surface area (Å²) in [5, 5.41) is 1.95. The van der Waals surface area contributed by atoms with Gasteiger partial charge in [-0.05, 0) is 23.6 Å². The van der Waals surface area contributed by atoms with Crippen LogP contribution in [0.1, 0.15) is 10.9 Å². The third-order valence-corrected chi connectivity index (χ3v) is 5.11. The highest BCUT2D eigenvalue weighted by Crippen LogP contribution is 2.35. The Morgan fingerprint density at radius 2 is 2.11 bits per heavy atom. The molecule has 3 rings (SSSR count). The van der Waals surface area contributed by atoms with Crippen molar-refractivity contribution < 1.29 is 4.79 Å². The zero-order valence-electron chi connectivity index (χ0n) is 10.3. The SMILES string of the molecule is NC(C(=O)N1CCSc2ccccc21)c1cccs1. The molecule has 1 unspecified atom stereocenters. The van der Waals surface area contributed by atoms with Crippen LogP contribution in [0.3, 0.4) is 0 Å². The van der Waals surface area contributed by atoms with Crippen LogP contribution in [0.4, 0.5) is 5.69 Å². The van der Waals surface area contributed by atoms with Gasteiger partial charge in [-0.3, -0.25) is 4.79 Å². The lowest BCUT2D eigenvalue weighted by Gasteiger charge is -2.30. The first-order chi connectivity index (χ1) is 9.27. The zero-order chi connectivity index (χ0) is 13.2. The number of carbonyl (C=O) groups is 1. The van der Waals surface area contributed by atoms with Gasteiger partial charge in [-0.15, -0.1) is 23.1 Å². The normalized spacial score (nSPS) is 15.9. The first kappa shape index (κ1) is 12.7. The molecule has 0 bridgehead atoms. The van der Waals surface area contributed by atoms with Gasteiger partial charge < -0.3 is 10.6 Å². The number of anilines is 1. The van der Waals surface area contributed by atoms with Crippen molar-refractivity contribution in [1.82, 2.24) is 0 Å². The molecule has 98 valence electrons. The van der Waals surface area contributed by atoms with Crippen LogP contribution in [0.2, 0.25) is 0 Å². The van der Waals surface area contributed by atoms with Gasteiger partial charge in [0.2, 0.25) is 5.91 Å². The summed E-state index contributed by atoms with van der Waals surface area (Å²) >= 11 is 3.31. The molecule has 5 heteroatoms. The van der Waals surface area contributed by atoms with Gasteiger partial charge in [0.1, 0.15) is 6.04 Å². The van der Waals surface area contributed by atoms with Gasteiger partial charge in [0, 0.05) is 22.1 Å². The van der Waals surface area contributed by atoms with Crippen molar-refractivity contribution >= 4 is 34.7 Å². The molecule has 0 aliphatic carbocycles. The molecule has 2 heterocycles. The lowest BCUT2D eigenvalue weighted by molar-refractivity contribution is -0.119. The molecule has 0 saturated carbocycles. The number of nitrogens with two attached hydrogens (primary N) is 1. The fraction of sp³-hybridized carbons (Fsp3) is 0.214. The summed E-state index contributed by atoms with van der Waals surface area (Å²) in [7, 11) is 0. The average molecular weight is 290 g/mol. The van der Waals surface area contributed by atoms with E-state index >= 15 is 0 Å². The highest BCUT2D eigenvalue weighted by atomic mass is 32.2. The molecule has 1 atom stereocenters. The van der Waals surface area contributed by atoms with Crippen LogP contribution in [0, 0.1) is 0 Å². The van der Waals surface area contributed by atoms with Crippen molar-refractivity contribution in [2.75, 3.05) is 17.2 Å². The monoisotopic (exact) mass is 290 g/mol. The molecule has 1 aliphatic rings. The van der Waals surface area contributed by atoms with Crippen LogP contribution in [0.25, 0.3) is 0 Å². The minimum absolute atomic E-state index is 0.0183. The molecule has 0 fully saturated rings. The number of carbonyl (C=O) groups excluding carboxylic acids is 1. The van der Waals surface area contributed by atoms with E-state index < -0.39 is 6.04 Å². The van der Waals surface area contributed by atoms with Crippen molar-refractivity contribution in [3.8, 4) is 0 Å². The topological polar surface area (TPSA) is 46.3 Å². The summed E-state index contributed by atoms with van der Waals surface area (Å²) in [6.45, 7) is 0.722. The number of para-hydroxylation sites is 1. The number of rotatable bonds is 2. The Hall–Kier alpha value is -1.30. The predicted octanol–water partition coefficient (Wildman–Crippen LogP) is 2.89. The van der Waals surface area contributed by atoms with Crippen LogP contribution in [-0.4, -0.2) is 18.2 Å². The van der Waals surface area contributed by atoms with Crippen LogP contribution in [-0.2, 0) is 4.79 Å². The van der Waals surface area contributed by atoms with Crippen molar-refractivity contribution in [3.63, 3.8) is 0 Å². The first-order valence-electron chi connectivity index (χ1n) is 6.09. The third-order valence-electron chi connectivity index (χ3n) is 3.11. The Morgan fingerprint density at radius 3 is 2.89 bits per heavy atom. The smallest absolute Gasteiger partial charge is 0.249 e. The molecule has 3 nitrogen and oxygen atoms in total. The summed E-state index contributed by atoms with van der Waals surface area (Å²) < 4.78 is 0. The molecule has 0 saturated heterocycles. The van der Waals surface area contributed by atoms with E-state index in [-0.39, 0.29) is 5.91 Å². The van der Waals surface area contributed by atoms with Gasteiger partial charge in [-0.1, -0.05) is 18.2 Å². The number of hydrogen-bond acceptors (Lipinski definition) is 4. The Kier molecular flexibility index (Phi) is 3.59. The van der Waals surface area contributed by atoms with Crippen molar-refractivity contribution in [2.45, 2.75) is 10.9 Å². The van der Waals surface area contributed by atoms with Gasteiger partial charge in [-0.25, -0.2) is 0 Å². The van der Waals surface area contributed by atoms with Crippen LogP contribution < -0.4 is 10.6 Å². The lowest BCUT2D eigenvalue weighted by Crippen LogP contribution is -2.41. The highest BCUT2D eigenvalue weighted by molar-refractivity contribution is 7.99. The molecule has 1 aromatic heterocycles. The van der Waals surface area contributed by atoms with Crippen molar-refractivity contribution in [3.05, 3.63) is 46.7 Å². The molecule has 0 spiro atoms. The van der Waals surface area contributed by atoms with Crippen LogP contribution >= 0.6 is 23.1 Å². The van der Waals surface area contributed by atoms with E-state index in [4.69, 9.17) is 5.73 Å². The van der Waals surface area contributed by atoms with E-state index in [1.54, 1.807) is 11.8 Å². The van der Waals surface area contributed by atoms with Gasteiger partial charge in [0.25, 0.3) is 0 Å². The Bertz CT molecular complexity index is 583. The maximum absolute atomic E-state index is 12.6. The number of thiophene rings is 1. The maximum Gasteiger partial charge on any atom is 0.249 e. The number of fused-ring (bicyclic) bond motifs is 1. The van der Waals surface area contributed by atoms with E-state index in [2.05, 4.69) is 6.07 Å². The summed E-state index contributed by atoms with van der Waals surface area (Å²) in [5.74, 6) is 0.898. The minimum atomic E-state index is -0.559. The van der Waals surface area contributed by atoms with Crippen molar-refractivity contribution in [1.29, 1.82) is 0 Å². The molecule has 1 aliphatic heterocycles. The van der Waals surface area contributed by atoms with E-state index in [9.17, 15) is 4.79 Å². The van der Waals surface area contributed by atoms with E-state index in [0.29, 0.717) is 0 Å².